The van der Waals surface area contributed by atoms with Gasteiger partial charge in [0.2, 0.25) is 0 Å². The molecule has 0 radical (unpaired) electrons. The fraction of sp³-hybridized carbons (Fsp3) is 0. The van der Waals surface area contributed by atoms with Gasteiger partial charge in [0.05, 0.1) is 4.92 Å². The number of anilines is 1. The summed E-state index contributed by atoms with van der Waals surface area (Å²) in [7, 11) is 0. The summed E-state index contributed by atoms with van der Waals surface area (Å²) in [5.74, 6) is 0. The van der Waals surface area contributed by atoms with Crippen molar-refractivity contribution in [3.05, 3.63) is 81.9 Å². The molecular weight excluding hydrogens is 288 g/mol. The maximum atomic E-state index is 10.7. The van der Waals surface area contributed by atoms with Gasteiger partial charge in [0.25, 0.3) is 5.69 Å². The van der Waals surface area contributed by atoms with E-state index < -0.39 is 4.92 Å². The van der Waals surface area contributed by atoms with Crippen molar-refractivity contribution in [3.8, 4) is 0 Å². The molecule has 0 spiro atoms. The number of benzene rings is 2. The summed E-state index contributed by atoms with van der Waals surface area (Å²) in [4.78, 5) is 10.3. The molecule has 0 aliphatic heterocycles. The molecule has 0 fully saturated rings. The first-order valence-electron chi connectivity index (χ1n) is 6.10. The summed E-state index contributed by atoms with van der Waals surface area (Å²) in [6, 6.07) is 14.0. The van der Waals surface area contributed by atoms with Crippen molar-refractivity contribution < 1.29 is 17.3 Å². The number of nitrogen functional groups attached to an aromatic ring is 1. The fourth-order valence-electron chi connectivity index (χ4n) is 1.74. The SMILES string of the molecule is Nc1cccc(C=CC=Cc2cccc([N+](=O)[O-])c2)c1.[Cl-]. The van der Waals surface area contributed by atoms with Gasteiger partial charge in [0, 0.05) is 17.8 Å². The lowest BCUT2D eigenvalue weighted by atomic mass is 10.1. The predicted molar refractivity (Wildman–Crippen MR) is 82.0 cm³/mol. The molecule has 2 aromatic rings. The van der Waals surface area contributed by atoms with Gasteiger partial charge in [-0.2, -0.15) is 0 Å². The minimum Gasteiger partial charge on any atom is -1.00 e. The van der Waals surface area contributed by atoms with Gasteiger partial charge in [-0.3, -0.25) is 10.1 Å². The summed E-state index contributed by atoms with van der Waals surface area (Å²) in [6.45, 7) is 0. The third-order valence-corrected chi connectivity index (χ3v) is 2.68. The van der Waals surface area contributed by atoms with Crippen LogP contribution in [-0.2, 0) is 0 Å². The minimum absolute atomic E-state index is 0. The number of allylic oxidation sites excluding steroid dienone is 2. The van der Waals surface area contributed by atoms with E-state index in [-0.39, 0.29) is 18.1 Å². The summed E-state index contributed by atoms with van der Waals surface area (Å²) < 4.78 is 0. The molecule has 0 heterocycles. The van der Waals surface area contributed by atoms with Crippen molar-refractivity contribution >= 4 is 23.5 Å². The lowest BCUT2D eigenvalue weighted by Gasteiger charge is -1.95. The third kappa shape index (κ3) is 5.12. The maximum absolute atomic E-state index is 10.7. The normalized spacial score (nSPS) is 10.7. The van der Waals surface area contributed by atoms with Gasteiger partial charge in [-0.25, -0.2) is 0 Å². The van der Waals surface area contributed by atoms with Crippen LogP contribution in [0.15, 0.2) is 60.7 Å². The second kappa shape index (κ2) is 7.87. The van der Waals surface area contributed by atoms with Gasteiger partial charge < -0.3 is 18.1 Å². The molecule has 2 aromatic carbocycles. The standard InChI is InChI=1S/C16H14N2O2.ClH/c17-15-9-3-7-13(11-15)5-1-2-6-14-8-4-10-16(12-14)18(19)20;/h1-12H,17H2;1H/p-1. The largest absolute Gasteiger partial charge is 1.00 e. The quantitative estimate of drug-likeness (QED) is 0.395. The smallest absolute Gasteiger partial charge is 0.270 e. The molecule has 5 heteroatoms. The van der Waals surface area contributed by atoms with E-state index in [1.807, 2.05) is 54.6 Å². The molecule has 0 unspecified atom stereocenters. The molecule has 4 nitrogen and oxygen atoms in total. The average Bonchev–Trinajstić information content (AvgIpc) is 2.44. The molecule has 0 amide bonds. The Kier molecular flexibility index (Phi) is 6.17. The molecule has 2 rings (SSSR count). The molecule has 0 saturated heterocycles. The van der Waals surface area contributed by atoms with E-state index in [2.05, 4.69) is 0 Å². The van der Waals surface area contributed by atoms with Crippen LogP contribution in [-0.4, -0.2) is 4.92 Å². The Morgan fingerprint density at radius 2 is 1.52 bits per heavy atom. The van der Waals surface area contributed by atoms with Crippen LogP contribution >= 0.6 is 0 Å². The Labute approximate surface area is 129 Å². The van der Waals surface area contributed by atoms with Crippen molar-refractivity contribution in [1.29, 1.82) is 0 Å². The molecule has 0 aromatic heterocycles. The highest BCUT2D eigenvalue weighted by Gasteiger charge is 2.02. The molecule has 0 saturated carbocycles. The molecule has 0 atom stereocenters. The molecule has 2 N–H and O–H groups in total. The molecule has 0 aliphatic carbocycles. The van der Waals surface area contributed by atoms with Crippen LogP contribution in [0.3, 0.4) is 0 Å². The van der Waals surface area contributed by atoms with Crippen LogP contribution in [0.5, 0.6) is 0 Å². The Morgan fingerprint density at radius 3 is 2.10 bits per heavy atom. The Bertz CT molecular complexity index is 681. The number of nitrogens with two attached hydrogens (primary N) is 1. The highest BCUT2D eigenvalue weighted by atomic mass is 35.5. The second-order valence-electron chi connectivity index (χ2n) is 4.24. The van der Waals surface area contributed by atoms with E-state index >= 15 is 0 Å². The number of rotatable bonds is 4. The van der Waals surface area contributed by atoms with Crippen LogP contribution in [0.2, 0.25) is 0 Å². The highest BCUT2D eigenvalue weighted by molar-refractivity contribution is 5.60. The van der Waals surface area contributed by atoms with Crippen molar-refractivity contribution in [1.82, 2.24) is 0 Å². The topological polar surface area (TPSA) is 69.2 Å². The first kappa shape index (κ1) is 16.5. The van der Waals surface area contributed by atoms with Crippen LogP contribution < -0.4 is 18.1 Å². The van der Waals surface area contributed by atoms with Gasteiger partial charge in [-0.1, -0.05) is 48.6 Å². The maximum Gasteiger partial charge on any atom is 0.270 e. The van der Waals surface area contributed by atoms with Crippen molar-refractivity contribution in [2.45, 2.75) is 0 Å². The lowest BCUT2D eigenvalue weighted by Crippen LogP contribution is -3.00. The predicted octanol–water partition coefficient (Wildman–Crippen LogP) is 0.908. The fourth-order valence-corrected chi connectivity index (χ4v) is 1.74. The van der Waals surface area contributed by atoms with E-state index in [0.717, 1.165) is 16.8 Å². The second-order valence-corrected chi connectivity index (χ2v) is 4.24. The van der Waals surface area contributed by atoms with Gasteiger partial charge >= 0.3 is 0 Å². The van der Waals surface area contributed by atoms with Gasteiger partial charge in [0.1, 0.15) is 0 Å². The van der Waals surface area contributed by atoms with Gasteiger partial charge in [-0.05, 0) is 23.3 Å². The minimum atomic E-state index is -0.403. The Hall–Kier alpha value is -2.59. The number of hydrogen-bond acceptors (Lipinski definition) is 3. The first-order valence-corrected chi connectivity index (χ1v) is 6.10. The number of halogens is 1. The molecule has 0 aliphatic rings. The monoisotopic (exact) mass is 301 g/mol. The third-order valence-electron chi connectivity index (χ3n) is 2.68. The average molecular weight is 302 g/mol. The first-order chi connectivity index (χ1) is 9.65. The molecule has 21 heavy (non-hydrogen) atoms. The van der Waals surface area contributed by atoms with E-state index in [1.165, 1.54) is 12.1 Å². The van der Waals surface area contributed by atoms with Crippen LogP contribution in [0.4, 0.5) is 11.4 Å². The van der Waals surface area contributed by atoms with E-state index in [9.17, 15) is 10.1 Å². The summed E-state index contributed by atoms with van der Waals surface area (Å²) in [6.07, 6.45) is 7.44. The number of nitro groups is 1. The Morgan fingerprint density at radius 1 is 0.952 bits per heavy atom. The molecule has 0 bridgehead atoms. The van der Waals surface area contributed by atoms with E-state index in [4.69, 9.17) is 5.73 Å². The zero-order valence-corrected chi connectivity index (χ0v) is 11.9. The van der Waals surface area contributed by atoms with E-state index in [0.29, 0.717) is 0 Å². The van der Waals surface area contributed by atoms with Crippen molar-refractivity contribution in [2.75, 3.05) is 5.73 Å². The summed E-state index contributed by atoms with van der Waals surface area (Å²) in [5, 5.41) is 10.7. The van der Waals surface area contributed by atoms with Gasteiger partial charge in [-0.15, -0.1) is 0 Å². The number of hydrogen-bond donors (Lipinski definition) is 1. The number of nitro benzene ring substituents is 1. The zero-order valence-electron chi connectivity index (χ0n) is 11.1. The summed E-state index contributed by atoms with van der Waals surface area (Å²) in [5.41, 5.74) is 8.29. The van der Waals surface area contributed by atoms with E-state index in [1.54, 1.807) is 6.07 Å². The van der Waals surface area contributed by atoms with Gasteiger partial charge in [0.15, 0.2) is 0 Å². The van der Waals surface area contributed by atoms with Crippen molar-refractivity contribution in [3.63, 3.8) is 0 Å². The van der Waals surface area contributed by atoms with Crippen LogP contribution in [0, 0.1) is 10.1 Å². The molecular formula is C16H14ClN2O2-. The number of non-ortho nitro benzene ring substituents is 1. The van der Waals surface area contributed by atoms with Crippen LogP contribution in [0.1, 0.15) is 11.1 Å². The molecule has 108 valence electrons. The number of nitrogens with zero attached hydrogens (tertiary/aromatic N) is 1. The summed E-state index contributed by atoms with van der Waals surface area (Å²) >= 11 is 0. The lowest BCUT2D eigenvalue weighted by molar-refractivity contribution is -0.384. The van der Waals surface area contributed by atoms with Crippen LogP contribution in [0.25, 0.3) is 12.2 Å². The Balaban J connectivity index is 0.00000220. The zero-order chi connectivity index (χ0) is 14.4. The van der Waals surface area contributed by atoms with Crippen molar-refractivity contribution in [2.24, 2.45) is 0 Å². The highest BCUT2D eigenvalue weighted by Crippen LogP contribution is 2.14.